The van der Waals surface area contributed by atoms with Crippen LogP contribution < -0.4 is 5.73 Å². The second-order valence-corrected chi connectivity index (χ2v) is 5.35. The summed E-state index contributed by atoms with van der Waals surface area (Å²) < 4.78 is 0. The molecule has 0 bridgehead atoms. The fraction of sp³-hybridized carbons (Fsp3) is 0.625. The van der Waals surface area contributed by atoms with Crippen LogP contribution in [0.25, 0.3) is 0 Å². The summed E-state index contributed by atoms with van der Waals surface area (Å²) in [6.45, 7) is 8.72. The van der Waals surface area contributed by atoms with Gasteiger partial charge in [0, 0.05) is 18.1 Å². The van der Waals surface area contributed by atoms with Crippen molar-refractivity contribution in [2.75, 3.05) is 7.05 Å². The van der Waals surface area contributed by atoms with Crippen molar-refractivity contribution in [1.29, 1.82) is 0 Å². The first kappa shape index (κ1) is 15.2. The Hall–Kier alpha value is -0.860. The van der Waals surface area contributed by atoms with Crippen LogP contribution in [0.3, 0.4) is 0 Å². The molecule has 2 atom stereocenters. The van der Waals surface area contributed by atoms with Crippen LogP contribution in [0.2, 0.25) is 0 Å². The Labute approximate surface area is 112 Å². The molecule has 0 saturated carbocycles. The Balaban J connectivity index is 2.98. The maximum absolute atomic E-state index is 6.21. The van der Waals surface area contributed by atoms with Crippen LogP contribution in [0.4, 0.5) is 0 Å². The highest BCUT2D eigenvalue weighted by Gasteiger charge is 2.25. The molecule has 0 aliphatic carbocycles. The van der Waals surface area contributed by atoms with Gasteiger partial charge in [0.1, 0.15) is 0 Å². The number of likely N-dealkylation sites (N-methyl/N-ethyl adjacent to an activating group) is 1. The lowest BCUT2D eigenvalue weighted by atomic mass is 9.96. The summed E-state index contributed by atoms with van der Waals surface area (Å²) in [4.78, 5) is 2.44. The number of rotatable bonds is 6. The predicted octanol–water partition coefficient (Wildman–Crippen LogP) is 3.50. The van der Waals surface area contributed by atoms with Crippen molar-refractivity contribution in [3.63, 3.8) is 0 Å². The zero-order valence-electron chi connectivity index (χ0n) is 12.5. The van der Waals surface area contributed by atoms with E-state index in [0.717, 1.165) is 0 Å². The standard InChI is InChI=1S/C16H28N2/c1-6-15(7-2)18(5)16(13(4)17)14-10-8-12(3)9-11-14/h8-11,13,15-16H,6-7,17H2,1-5H3. The van der Waals surface area contributed by atoms with Crippen molar-refractivity contribution < 1.29 is 0 Å². The van der Waals surface area contributed by atoms with E-state index < -0.39 is 0 Å². The molecular formula is C16H28N2. The molecule has 0 fully saturated rings. The average Bonchev–Trinajstić information content (AvgIpc) is 2.33. The van der Waals surface area contributed by atoms with E-state index in [1.165, 1.54) is 24.0 Å². The molecule has 1 aromatic rings. The Morgan fingerprint density at radius 2 is 1.61 bits per heavy atom. The highest BCUT2D eigenvalue weighted by atomic mass is 15.2. The lowest BCUT2D eigenvalue weighted by molar-refractivity contribution is 0.146. The Kier molecular flexibility index (Phi) is 5.83. The third kappa shape index (κ3) is 3.56. The quantitative estimate of drug-likeness (QED) is 0.835. The molecule has 2 heteroatoms. The number of hydrogen-bond donors (Lipinski definition) is 1. The third-order valence-electron chi connectivity index (χ3n) is 3.87. The Morgan fingerprint density at radius 1 is 1.11 bits per heavy atom. The Morgan fingerprint density at radius 3 is 2.00 bits per heavy atom. The first-order valence-electron chi connectivity index (χ1n) is 7.05. The zero-order valence-corrected chi connectivity index (χ0v) is 12.5. The van der Waals surface area contributed by atoms with Crippen molar-refractivity contribution in [1.82, 2.24) is 4.90 Å². The van der Waals surface area contributed by atoms with Gasteiger partial charge in [-0.15, -0.1) is 0 Å². The van der Waals surface area contributed by atoms with E-state index in [1.807, 2.05) is 0 Å². The zero-order chi connectivity index (χ0) is 13.7. The highest BCUT2D eigenvalue weighted by Crippen LogP contribution is 2.26. The topological polar surface area (TPSA) is 29.3 Å². The van der Waals surface area contributed by atoms with Gasteiger partial charge in [0.2, 0.25) is 0 Å². The molecular weight excluding hydrogens is 220 g/mol. The van der Waals surface area contributed by atoms with Gasteiger partial charge in [-0.1, -0.05) is 43.7 Å². The lowest BCUT2D eigenvalue weighted by Crippen LogP contribution is -2.42. The largest absolute Gasteiger partial charge is 0.326 e. The summed E-state index contributed by atoms with van der Waals surface area (Å²) in [5.74, 6) is 0. The lowest BCUT2D eigenvalue weighted by Gasteiger charge is -2.37. The minimum absolute atomic E-state index is 0.137. The van der Waals surface area contributed by atoms with Gasteiger partial charge < -0.3 is 5.73 Å². The minimum atomic E-state index is 0.137. The van der Waals surface area contributed by atoms with Gasteiger partial charge in [-0.2, -0.15) is 0 Å². The van der Waals surface area contributed by atoms with Crippen molar-refractivity contribution in [3.8, 4) is 0 Å². The van der Waals surface area contributed by atoms with E-state index in [1.54, 1.807) is 0 Å². The van der Waals surface area contributed by atoms with Crippen LogP contribution in [0.1, 0.15) is 50.8 Å². The first-order valence-corrected chi connectivity index (χ1v) is 7.05. The van der Waals surface area contributed by atoms with Gasteiger partial charge in [0.05, 0.1) is 0 Å². The third-order valence-corrected chi connectivity index (χ3v) is 3.87. The van der Waals surface area contributed by atoms with E-state index in [9.17, 15) is 0 Å². The monoisotopic (exact) mass is 248 g/mol. The molecule has 1 rings (SSSR count). The average molecular weight is 248 g/mol. The summed E-state index contributed by atoms with van der Waals surface area (Å²) in [7, 11) is 2.20. The molecule has 0 aliphatic rings. The van der Waals surface area contributed by atoms with Crippen LogP contribution in [0.15, 0.2) is 24.3 Å². The van der Waals surface area contributed by atoms with Gasteiger partial charge in [0.15, 0.2) is 0 Å². The molecule has 102 valence electrons. The van der Waals surface area contributed by atoms with Crippen LogP contribution in [0, 0.1) is 6.92 Å². The van der Waals surface area contributed by atoms with Gasteiger partial charge in [-0.25, -0.2) is 0 Å². The molecule has 2 unspecified atom stereocenters. The van der Waals surface area contributed by atoms with Gasteiger partial charge >= 0.3 is 0 Å². The van der Waals surface area contributed by atoms with Crippen LogP contribution in [-0.4, -0.2) is 24.0 Å². The fourth-order valence-electron chi connectivity index (χ4n) is 2.76. The summed E-state index contributed by atoms with van der Waals surface area (Å²) in [5.41, 5.74) is 8.84. The van der Waals surface area contributed by atoms with E-state index in [-0.39, 0.29) is 6.04 Å². The number of nitrogens with zero attached hydrogens (tertiary/aromatic N) is 1. The Bertz CT molecular complexity index is 339. The summed E-state index contributed by atoms with van der Waals surface area (Å²) in [5, 5.41) is 0. The van der Waals surface area contributed by atoms with E-state index in [4.69, 9.17) is 5.73 Å². The second-order valence-electron chi connectivity index (χ2n) is 5.35. The second kappa shape index (κ2) is 6.91. The van der Waals surface area contributed by atoms with E-state index in [0.29, 0.717) is 12.1 Å². The minimum Gasteiger partial charge on any atom is -0.326 e. The number of hydrogen-bond acceptors (Lipinski definition) is 2. The predicted molar refractivity (Wildman–Crippen MR) is 79.7 cm³/mol. The smallest absolute Gasteiger partial charge is 0.0496 e. The molecule has 0 aromatic heterocycles. The fourth-order valence-corrected chi connectivity index (χ4v) is 2.76. The highest BCUT2D eigenvalue weighted by molar-refractivity contribution is 5.25. The van der Waals surface area contributed by atoms with Crippen LogP contribution in [-0.2, 0) is 0 Å². The maximum atomic E-state index is 6.21. The number of nitrogens with two attached hydrogens (primary N) is 1. The van der Waals surface area contributed by atoms with Crippen molar-refractivity contribution in [3.05, 3.63) is 35.4 Å². The molecule has 2 N–H and O–H groups in total. The van der Waals surface area contributed by atoms with Crippen molar-refractivity contribution in [2.24, 2.45) is 5.73 Å². The number of benzene rings is 1. The molecule has 18 heavy (non-hydrogen) atoms. The molecule has 0 amide bonds. The van der Waals surface area contributed by atoms with E-state index >= 15 is 0 Å². The molecule has 0 heterocycles. The van der Waals surface area contributed by atoms with Gasteiger partial charge in [-0.3, -0.25) is 4.90 Å². The van der Waals surface area contributed by atoms with Crippen molar-refractivity contribution >= 4 is 0 Å². The van der Waals surface area contributed by atoms with Crippen LogP contribution >= 0.6 is 0 Å². The molecule has 0 spiro atoms. The molecule has 0 radical (unpaired) electrons. The molecule has 0 saturated heterocycles. The summed E-state index contributed by atoms with van der Waals surface area (Å²) in [6, 6.07) is 9.80. The molecule has 2 nitrogen and oxygen atoms in total. The van der Waals surface area contributed by atoms with Crippen molar-refractivity contribution in [2.45, 2.75) is 58.7 Å². The maximum Gasteiger partial charge on any atom is 0.0496 e. The normalized spacial score (nSPS) is 15.1. The van der Waals surface area contributed by atoms with Crippen LogP contribution in [0.5, 0.6) is 0 Å². The summed E-state index contributed by atoms with van der Waals surface area (Å²) in [6.07, 6.45) is 2.34. The summed E-state index contributed by atoms with van der Waals surface area (Å²) >= 11 is 0. The van der Waals surface area contributed by atoms with Gasteiger partial charge in [-0.05, 0) is 39.3 Å². The number of aryl methyl sites for hydroxylation is 1. The van der Waals surface area contributed by atoms with E-state index in [2.05, 4.69) is 63.9 Å². The molecule has 1 aromatic carbocycles. The SMILES string of the molecule is CCC(CC)N(C)C(c1ccc(C)cc1)C(C)N. The van der Waals surface area contributed by atoms with Gasteiger partial charge in [0.25, 0.3) is 0 Å². The first-order chi connectivity index (χ1) is 8.51. The molecule has 0 aliphatic heterocycles.